The van der Waals surface area contributed by atoms with E-state index in [0.717, 1.165) is 12.1 Å². The van der Waals surface area contributed by atoms with E-state index < -0.39 is 6.10 Å². The first-order valence-corrected chi connectivity index (χ1v) is 5.23. The number of aliphatic hydroxyl groups excluding tert-OH is 1. The van der Waals surface area contributed by atoms with E-state index in [0.29, 0.717) is 17.2 Å². The van der Waals surface area contributed by atoms with Crippen LogP contribution in [0.4, 0.5) is 0 Å². The number of methoxy groups -OCH3 is 1. The summed E-state index contributed by atoms with van der Waals surface area (Å²) < 4.78 is 5.16. The largest absolute Gasteiger partial charge is 0.496 e. The molecule has 0 aromatic heterocycles. The van der Waals surface area contributed by atoms with Crippen LogP contribution < -0.4 is 10.1 Å². The third-order valence-corrected chi connectivity index (χ3v) is 2.46. The van der Waals surface area contributed by atoms with Gasteiger partial charge in [-0.3, -0.25) is 0 Å². The van der Waals surface area contributed by atoms with Crippen LogP contribution in [0.15, 0.2) is 18.2 Å². The van der Waals surface area contributed by atoms with Crippen molar-refractivity contribution in [2.24, 2.45) is 0 Å². The van der Waals surface area contributed by atoms with Gasteiger partial charge in [-0.25, -0.2) is 0 Å². The van der Waals surface area contributed by atoms with Crippen molar-refractivity contribution in [3.8, 4) is 5.75 Å². The summed E-state index contributed by atoms with van der Waals surface area (Å²) in [5.41, 5.74) is 0.775. The molecular weight excluding hydrogens is 214 g/mol. The zero-order valence-electron chi connectivity index (χ0n) is 8.96. The van der Waals surface area contributed by atoms with Gasteiger partial charge in [-0.1, -0.05) is 17.7 Å². The molecule has 0 aliphatic carbocycles. The molecule has 0 aliphatic rings. The van der Waals surface area contributed by atoms with Gasteiger partial charge in [-0.2, -0.15) is 0 Å². The Labute approximate surface area is 95.0 Å². The third-order valence-electron chi connectivity index (χ3n) is 2.22. The zero-order valence-corrected chi connectivity index (χ0v) is 9.71. The summed E-state index contributed by atoms with van der Waals surface area (Å²) in [5, 5.41) is 13.5. The lowest BCUT2D eigenvalue weighted by molar-refractivity contribution is 0.163. The maximum absolute atomic E-state index is 9.89. The number of nitrogens with one attached hydrogen (secondary N) is 1. The number of aliphatic hydroxyl groups is 1. The number of ether oxygens (including phenoxy) is 1. The molecule has 1 rings (SSSR count). The van der Waals surface area contributed by atoms with Crippen LogP contribution in [0.1, 0.15) is 18.1 Å². The van der Waals surface area contributed by atoms with Crippen LogP contribution in [-0.2, 0) is 0 Å². The summed E-state index contributed by atoms with van der Waals surface area (Å²) in [6, 6.07) is 5.25. The van der Waals surface area contributed by atoms with Gasteiger partial charge in [-0.15, -0.1) is 0 Å². The SMILES string of the molecule is CNCCC(O)c1ccc(Cl)cc1OC. The molecule has 0 amide bonds. The van der Waals surface area contributed by atoms with Crippen LogP contribution in [0.5, 0.6) is 5.75 Å². The highest BCUT2D eigenvalue weighted by Crippen LogP contribution is 2.29. The molecule has 0 spiro atoms. The van der Waals surface area contributed by atoms with E-state index in [1.807, 2.05) is 7.05 Å². The van der Waals surface area contributed by atoms with Gasteiger partial charge in [0.15, 0.2) is 0 Å². The number of halogens is 1. The average molecular weight is 230 g/mol. The smallest absolute Gasteiger partial charge is 0.126 e. The molecule has 0 saturated heterocycles. The molecule has 0 saturated carbocycles. The monoisotopic (exact) mass is 229 g/mol. The van der Waals surface area contributed by atoms with Crippen LogP contribution in [0.2, 0.25) is 5.02 Å². The van der Waals surface area contributed by atoms with Crippen LogP contribution in [0, 0.1) is 0 Å². The predicted octanol–water partition coefficient (Wildman–Crippen LogP) is 1.99. The Morgan fingerprint density at radius 3 is 2.87 bits per heavy atom. The van der Waals surface area contributed by atoms with Crippen molar-refractivity contribution in [3.05, 3.63) is 28.8 Å². The number of rotatable bonds is 5. The fourth-order valence-electron chi connectivity index (χ4n) is 1.40. The molecule has 4 heteroatoms. The second-order valence-corrected chi connectivity index (χ2v) is 3.73. The predicted molar refractivity (Wildman–Crippen MR) is 61.5 cm³/mol. The zero-order chi connectivity index (χ0) is 11.3. The Kier molecular flexibility index (Phi) is 4.88. The van der Waals surface area contributed by atoms with Crippen LogP contribution in [-0.4, -0.2) is 25.8 Å². The summed E-state index contributed by atoms with van der Waals surface area (Å²) in [7, 11) is 3.42. The summed E-state index contributed by atoms with van der Waals surface area (Å²) in [6.45, 7) is 0.757. The lowest BCUT2D eigenvalue weighted by Crippen LogP contribution is -2.12. The molecule has 0 bridgehead atoms. The van der Waals surface area contributed by atoms with Gasteiger partial charge in [0.1, 0.15) is 5.75 Å². The normalized spacial score (nSPS) is 12.5. The first kappa shape index (κ1) is 12.3. The second kappa shape index (κ2) is 5.95. The van der Waals surface area contributed by atoms with Crippen LogP contribution in [0.3, 0.4) is 0 Å². The highest BCUT2D eigenvalue weighted by Gasteiger charge is 2.12. The molecule has 84 valence electrons. The maximum atomic E-state index is 9.89. The Bertz CT molecular complexity index is 317. The molecule has 3 nitrogen and oxygen atoms in total. The summed E-state index contributed by atoms with van der Waals surface area (Å²) in [6.07, 6.45) is 0.124. The van der Waals surface area contributed by atoms with Gasteiger partial charge in [0, 0.05) is 10.6 Å². The molecule has 15 heavy (non-hydrogen) atoms. The molecule has 1 unspecified atom stereocenters. The number of hydrogen-bond donors (Lipinski definition) is 2. The van der Waals surface area contributed by atoms with E-state index in [4.69, 9.17) is 16.3 Å². The highest BCUT2D eigenvalue weighted by atomic mass is 35.5. The van der Waals surface area contributed by atoms with Crippen molar-refractivity contribution in [2.75, 3.05) is 20.7 Å². The van der Waals surface area contributed by atoms with Crippen molar-refractivity contribution >= 4 is 11.6 Å². The highest BCUT2D eigenvalue weighted by molar-refractivity contribution is 6.30. The molecule has 0 radical (unpaired) electrons. The minimum absolute atomic E-state index is 0.523. The quantitative estimate of drug-likeness (QED) is 0.812. The van der Waals surface area contributed by atoms with Gasteiger partial charge in [0.25, 0.3) is 0 Å². The lowest BCUT2D eigenvalue weighted by atomic mass is 10.1. The Hall–Kier alpha value is -0.770. The lowest BCUT2D eigenvalue weighted by Gasteiger charge is -2.14. The maximum Gasteiger partial charge on any atom is 0.126 e. The third kappa shape index (κ3) is 3.38. The van der Waals surface area contributed by atoms with Gasteiger partial charge in [-0.05, 0) is 32.1 Å². The van der Waals surface area contributed by atoms with E-state index in [-0.39, 0.29) is 0 Å². The Balaban J connectivity index is 2.82. The fraction of sp³-hybridized carbons (Fsp3) is 0.455. The molecule has 0 aliphatic heterocycles. The molecule has 2 N–H and O–H groups in total. The Morgan fingerprint density at radius 1 is 1.53 bits per heavy atom. The first-order valence-electron chi connectivity index (χ1n) is 4.85. The van der Waals surface area contributed by atoms with E-state index in [1.165, 1.54) is 0 Å². The molecule has 0 heterocycles. The molecule has 0 fully saturated rings. The molecule has 1 aromatic rings. The average Bonchev–Trinajstić information content (AvgIpc) is 2.25. The van der Waals surface area contributed by atoms with E-state index in [1.54, 1.807) is 25.3 Å². The summed E-state index contributed by atoms with van der Waals surface area (Å²) >= 11 is 5.83. The standard InChI is InChI=1S/C11H16ClNO2/c1-13-6-5-10(14)9-4-3-8(12)7-11(9)15-2/h3-4,7,10,13-14H,5-6H2,1-2H3. The van der Waals surface area contributed by atoms with Crippen molar-refractivity contribution in [2.45, 2.75) is 12.5 Å². The summed E-state index contributed by atoms with van der Waals surface area (Å²) in [5.74, 6) is 0.631. The van der Waals surface area contributed by atoms with E-state index >= 15 is 0 Å². The van der Waals surface area contributed by atoms with E-state index in [9.17, 15) is 5.11 Å². The molecule has 1 atom stereocenters. The van der Waals surface area contributed by atoms with Gasteiger partial charge in [0.2, 0.25) is 0 Å². The van der Waals surface area contributed by atoms with Gasteiger partial charge < -0.3 is 15.2 Å². The van der Waals surface area contributed by atoms with Crippen molar-refractivity contribution in [1.29, 1.82) is 0 Å². The topological polar surface area (TPSA) is 41.5 Å². The van der Waals surface area contributed by atoms with Gasteiger partial charge >= 0.3 is 0 Å². The van der Waals surface area contributed by atoms with Crippen molar-refractivity contribution in [1.82, 2.24) is 5.32 Å². The fourth-order valence-corrected chi connectivity index (χ4v) is 1.56. The molecular formula is C11H16ClNO2. The second-order valence-electron chi connectivity index (χ2n) is 3.29. The Morgan fingerprint density at radius 2 is 2.27 bits per heavy atom. The van der Waals surface area contributed by atoms with E-state index in [2.05, 4.69) is 5.32 Å². The summed E-state index contributed by atoms with van der Waals surface area (Å²) in [4.78, 5) is 0. The number of benzene rings is 1. The van der Waals surface area contributed by atoms with Crippen molar-refractivity contribution in [3.63, 3.8) is 0 Å². The number of hydrogen-bond acceptors (Lipinski definition) is 3. The first-order chi connectivity index (χ1) is 7.19. The van der Waals surface area contributed by atoms with Crippen LogP contribution in [0.25, 0.3) is 0 Å². The van der Waals surface area contributed by atoms with Crippen molar-refractivity contribution < 1.29 is 9.84 Å². The van der Waals surface area contributed by atoms with Crippen LogP contribution >= 0.6 is 11.6 Å². The van der Waals surface area contributed by atoms with Gasteiger partial charge in [0.05, 0.1) is 13.2 Å². The molecule has 1 aromatic carbocycles. The minimum atomic E-state index is -0.523. The minimum Gasteiger partial charge on any atom is -0.496 e.